The van der Waals surface area contributed by atoms with Crippen LogP contribution in [-0.4, -0.2) is 25.4 Å². The highest BCUT2D eigenvalue weighted by molar-refractivity contribution is 6.30. The molecule has 148 valence electrons. The third kappa shape index (κ3) is 4.34. The van der Waals surface area contributed by atoms with Crippen molar-refractivity contribution in [1.82, 2.24) is 0 Å². The van der Waals surface area contributed by atoms with E-state index in [0.717, 1.165) is 0 Å². The summed E-state index contributed by atoms with van der Waals surface area (Å²) in [6, 6.07) is 17.7. The lowest BCUT2D eigenvalue weighted by atomic mass is 9.99. The summed E-state index contributed by atoms with van der Waals surface area (Å²) in [6.45, 7) is 0.915. The number of benzene rings is 3. The molecule has 0 bridgehead atoms. The van der Waals surface area contributed by atoms with Crippen LogP contribution in [0.1, 0.15) is 17.2 Å². The van der Waals surface area contributed by atoms with Crippen LogP contribution in [0, 0.1) is 0 Å². The summed E-state index contributed by atoms with van der Waals surface area (Å²) in [6.07, 6.45) is -0.920. The Morgan fingerprint density at radius 3 is 2.24 bits per heavy atom. The van der Waals surface area contributed by atoms with E-state index in [1.165, 1.54) is 0 Å². The van der Waals surface area contributed by atoms with E-state index in [1.54, 1.807) is 67.8 Å². The van der Waals surface area contributed by atoms with Gasteiger partial charge in [0.1, 0.15) is 25.1 Å². The Hall–Kier alpha value is -3.09. The van der Waals surface area contributed by atoms with Gasteiger partial charge >= 0.3 is 0 Å². The van der Waals surface area contributed by atoms with Gasteiger partial charge < -0.3 is 19.3 Å². The van der Waals surface area contributed by atoms with Gasteiger partial charge in [-0.2, -0.15) is 10.2 Å². The Morgan fingerprint density at radius 1 is 0.931 bits per heavy atom. The van der Waals surface area contributed by atoms with E-state index in [1.807, 2.05) is 0 Å². The maximum absolute atomic E-state index is 11.0. The van der Waals surface area contributed by atoms with Crippen LogP contribution >= 0.6 is 11.6 Å². The quantitative estimate of drug-likeness (QED) is 0.554. The molecular formula is C22H19ClN2O4. The lowest BCUT2D eigenvalue weighted by molar-refractivity contribution is 0.170. The number of hydrogen-bond acceptors (Lipinski definition) is 6. The fraction of sp³-hybridized carbons (Fsp3) is 0.182. The molecule has 0 saturated carbocycles. The number of halogens is 1. The second kappa shape index (κ2) is 8.51. The van der Waals surface area contributed by atoms with Gasteiger partial charge in [0.05, 0.1) is 18.5 Å². The van der Waals surface area contributed by atoms with E-state index in [2.05, 4.69) is 10.2 Å². The first-order valence-electron chi connectivity index (χ1n) is 9.07. The summed E-state index contributed by atoms with van der Waals surface area (Å²) in [7, 11) is 1.60. The van der Waals surface area contributed by atoms with E-state index in [4.69, 9.17) is 25.8 Å². The van der Waals surface area contributed by atoms with Crippen LogP contribution in [-0.2, 0) is 0 Å². The van der Waals surface area contributed by atoms with Crippen molar-refractivity contribution in [1.29, 1.82) is 0 Å². The average molecular weight is 411 g/mol. The summed E-state index contributed by atoms with van der Waals surface area (Å²) >= 11 is 5.92. The fourth-order valence-electron chi connectivity index (χ4n) is 2.98. The summed E-state index contributed by atoms with van der Waals surface area (Å²) in [4.78, 5) is 0. The van der Waals surface area contributed by atoms with E-state index in [9.17, 15) is 5.11 Å². The van der Waals surface area contributed by atoms with E-state index in [0.29, 0.717) is 58.0 Å². The Bertz CT molecular complexity index is 1020. The van der Waals surface area contributed by atoms with Crippen LogP contribution in [0.2, 0.25) is 5.02 Å². The first-order valence-corrected chi connectivity index (χ1v) is 9.45. The SMILES string of the molecule is COc1ccc(C(O)c2cc3c(cc2N=Nc2ccc(Cl)cc2)OCCO3)cc1. The molecule has 1 heterocycles. The Morgan fingerprint density at radius 2 is 1.59 bits per heavy atom. The molecule has 0 aromatic heterocycles. The van der Waals surface area contributed by atoms with Crippen LogP contribution < -0.4 is 14.2 Å². The lowest BCUT2D eigenvalue weighted by Gasteiger charge is -2.22. The molecule has 7 heteroatoms. The third-order valence-corrected chi connectivity index (χ3v) is 4.77. The molecule has 1 N–H and O–H groups in total. The minimum absolute atomic E-state index is 0.455. The van der Waals surface area contributed by atoms with Crippen molar-refractivity contribution in [3.63, 3.8) is 0 Å². The molecule has 29 heavy (non-hydrogen) atoms. The number of hydrogen-bond donors (Lipinski definition) is 1. The summed E-state index contributed by atoms with van der Waals surface area (Å²) in [5.41, 5.74) is 2.41. The minimum Gasteiger partial charge on any atom is -0.497 e. The zero-order valence-corrected chi connectivity index (χ0v) is 16.5. The number of fused-ring (bicyclic) bond motifs is 1. The molecule has 0 saturated heterocycles. The first kappa shape index (κ1) is 19.2. The topological polar surface area (TPSA) is 72.6 Å². The van der Waals surface area contributed by atoms with Crippen LogP contribution in [0.25, 0.3) is 0 Å². The normalized spacial score (nSPS) is 14.0. The predicted octanol–water partition coefficient (Wildman–Crippen LogP) is 5.62. The largest absolute Gasteiger partial charge is 0.497 e. The van der Waals surface area contributed by atoms with Crippen molar-refractivity contribution in [2.45, 2.75) is 6.10 Å². The summed E-state index contributed by atoms with van der Waals surface area (Å²) in [5.74, 6) is 1.86. The van der Waals surface area contributed by atoms with Gasteiger partial charge in [-0.25, -0.2) is 0 Å². The maximum Gasteiger partial charge on any atom is 0.163 e. The van der Waals surface area contributed by atoms with Gasteiger partial charge in [0.15, 0.2) is 11.5 Å². The monoisotopic (exact) mass is 410 g/mol. The van der Waals surface area contributed by atoms with Crippen molar-refractivity contribution in [3.05, 3.63) is 76.8 Å². The van der Waals surface area contributed by atoms with E-state index >= 15 is 0 Å². The molecule has 1 unspecified atom stereocenters. The standard InChI is InChI=1S/C22H19ClN2O4/c1-27-17-8-2-14(3-9-17)22(26)18-12-20-21(29-11-10-28-20)13-19(18)25-24-16-6-4-15(23)5-7-16/h2-9,12-13,22,26H,10-11H2,1H3. The highest BCUT2D eigenvalue weighted by Crippen LogP contribution is 2.41. The van der Waals surface area contributed by atoms with Crippen molar-refractivity contribution >= 4 is 23.0 Å². The molecule has 4 rings (SSSR count). The summed E-state index contributed by atoms with van der Waals surface area (Å²) in [5, 5.41) is 20.3. The van der Waals surface area contributed by atoms with Crippen molar-refractivity contribution in [3.8, 4) is 17.2 Å². The summed E-state index contributed by atoms with van der Waals surface area (Å²) < 4.78 is 16.5. The molecule has 0 radical (unpaired) electrons. The van der Waals surface area contributed by atoms with Gasteiger partial charge in [-0.1, -0.05) is 23.7 Å². The molecule has 3 aromatic rings. The maximum atomic E-state index is 11.0. The molecular weight excluding hydrogens is 392 g/mol. The Labute approximate surface area is 173 Å². The third-order valence-electron chi connectivity index (χ3n) is 4.52. The van der Waals surface area contributed by atoms with Gasteiger partial charge in [-0.3, -0.25) is 0 Å². The fourth-order valence-corrected chi connectivity index (χ4v) is 3.11. The van der Waals surface area contributed by atoms with Gasteiger partial charge in [0.2, 0.25) is 0 Å². The van der Waals surface area contributed by atoms with Gasteiger partial charge in [-0.15, -0.1) is 0 Å². The second-order valence-electron chi connectivity index (χ2n) is 6.41. The molecule has 1 atom stereocenters. The molecule has 3 aromatic carbocycles. The molecule has 6 nitrogen and oxygen atoms in total. The Balaban J connectivity index is 1.72. The van der Waals surface area contributed by atoms with Crippen LogP contribution in [0.15, 0.2) is 70.9 Å². The number of rotatable bonds is 5. The van der Waals surface area contributed by atoms with Gasteiger partial charge in [0, 0.05) is 16.7 Å². The van der Waals surface area contributed by atoms with Crippen molar-refractivity contribution in [2.75, 3.05) is 20.3 Å². The molecule has 0 amide bonds. The zero-order valence-electron chi connectivity index (χ0n) is 15.7. The highest BCUT2D eigenvalue weighted by Gasteiger charge is 2.21. The number of aliphatic hydroxyl groups excluding tert-OH is 1. The molecule has 1 aliphatic heterocycles. The minimum atomic E-state index is -0.920. The highest BCUT2D eigenvalue weighted by atomic mass is 35.5. The van der Waals surface area contributed by atoms with Crippen molar-refractivity contribution in [2.24, 2.45) is 10.2 Å². The number of methoxy groups -OCH3 is 1. The van der Waals surface area contributed by atoms with Gasteiger partial charge in [0.25, 0.3) is 0 Å². The number of azo groups is 1. The Kier molecular flexibility index (Phi) is 5.64. The zero-order chi connectivity index (χ0) is 20.2. The molecule has 1 aliphatic rings. The smallest absolute Gasteiger partial charge is 0.163 e. The number of ether oxygens (including phenoxy) is 3. The number of nitrogens with zero attached hydrogens (tertiary/aromatic N) is 2. The first-order chi connectivity index (χ1) is 14.1. The van der Waals surface area contributed by atoms with E-state index in [-0.39, 0.29) is 0 Å². The van der Waals surface area contributed by atoms with Gasteiger partial charge in [-0.05, 0) is 48.0 Å². The molecule has 0 spiro atoms. The van der Waals surface area contributed by atoms with Crippen LogP contribution in [0.5, 0.6) is 17.2 Å². The second-order valence-corrected chi connectivity index (χ2v) is 6.84. The number of aliphatic hydroxyl groups is 1. The predicted molar refractivity (Wildman–Crippen MR) is 110 cm³/mol. The van der Waals surface area contributed by atoms with Crippen LogP contribution in [0.3, 0.4) is 0 Å². The van der Waals surface area contributed by atoms with Crippen molar-refractivity contribution < 1.29 is 19.3 Å². The van der Waals surface area contributed by atoms with E-state index < -0.39 is 6.10 Å². The van der Waals surface area contributed by atoms with Crippen LogP contribution in [0.4, 0.5) is 11.4 Å². The average Bonchev–Trinajstić information content (AvgIpc) is 2.77. The molecule has 0 aliphatic carbocycles. The lowest BCUT2D eigenvalue weighted by Crippen LogP contribution is -2.15. The molecule has 0 fully saturated rings.